The Morgan fingerprint density at radius 2 is 2.22 bits per heavy atom. The van der Waals surface area contributed by atoms with E-state index >= 15 is 0 Å². The average molecular weight is 247 g/mol. The van der Waals surface area contributed by atoms with E-state index in [2.05, 4.69) is 5.32 Å². The van der Waals surface area contributed by atoms with Crippen molar-refractivity contribution in [2.24, 2.45) is 0 Å². The Hall–Kier alpha value is -2.42. The second-order valence-electron chi connectivity index (χ2n) is 4.00. The number of hydrogen-bond donors (Lipinski definition) is 1. The summed E-state index contributed by atoms with van der Waals surface area (Å²) in [4.78, 5) is 24.0. The van der Waals surface area contributed by atoms with Gasteiger partial charge in [-0.1, -0.05) is 0 Å². The van der Waals surface area contributed by atoms with Gasteiger partial charge < -0.3 is 5.32 Å². The fourth-order valence-corrected chi connectivity index (χ4v) is 1.77. The minimum Gasteiger partial charge on any atom is -0.373 e. The standard InChI is InChI=1S/C12H10FN3O2/c1-16-11(17)5-10(12(16)18)15-8-2-3-9(13)7(4-8)6-14/h2-4,10,15H,5H2,1H3. The number of rotatable bonds is 2. The Morgan fingerprint density at radius 3 is 2.78 bits per heavy atom. The molecule has 18 heavy (non-hydrogen) atoms. The van der Waals surface area contributed by atoms with Gasteiger partial charge in [0.2, 0.25) is 5.91 Å². The number of nitrogens with zero attached hydrogens (tertiary/aromatic N) is 2. The number of carbonyl (C=O) groups excluding carboxylic acids is 2. The van der Waals surface area contributed by atoms with Gasteiger partial charge in [-0.2, -0.15) is 5.26 Å². The quantitative estimate of drug-likeness (QED) is 0.787. The van der Waals surface area contributed by atoms with Gasteiger partial charge in [-0.05, 0) is 18.2 Å². The zero-order valence-electron chi connectivity index (χ0n) is 9.61. The Morgan fingerprint density at radius 1 is 1.50 bits per heavy atom. The Bertz CT molecular complexity index is 565. The zero-order valence-corrected chi connectivity index (χ0v) is 9.61. The third-order valence-corrected chi connectivity index (χ3v) is 2.81. The van der Waals surface area contributed by atoms with E-state index < -0.39 is 11.9 Å². The molecule has 0 aliphatic carbocycles. The summed E-state index contributed by atoms with van der Waals surface area (Å²) in [6.07, 6.45) is 0.0641. The molecule has 1 aromatic carbocycles. The minimum atomic E-state index is -0.653. The van der Waals surface area contributed by atoms with E-state index in [0.29, 0.717) is 5.69 Å². The van der Waals surface area contributed by atoms with Crippen molar-refractivity contribution in [3.63, 3.8) is 0 Å². The van der Waals surface area contributed by atoms with E-state index in [1.54, 1.807) is 6.07 Å². The number of nitrogens with one attached hydrogen (secondary N) is 1. The van der Waals surface area contributed by atoms with Gasteiger partial charge >= 0.3 is 0 Å². The summed E-state index contributed by atoms with van der Waals surface area (Å²) >= 11 is 0. The molecule has 0 aromatic heterocycles. The Balaban J connectivity index is 2.18. The lowest BCUT2D eigenvalue weighted by Crippen LogP contribution is -2.31. The van der Waals surface area contributed by atoms with Gasteiger partial charge in [-0.25, -0.2) is 4.39 Å². The molecule has 0 bridgehead atoms. The highest BCUT2D eigenvalue weighted by Gasteiger charge is 2.35. The molecule has 1 aliphatic heterocycles. The van der Waals surface area contributed by atoms with Gasteiger partial charge in [0.1, 0.15) is 17.9 Å². The molecule has 1 aromatic rings. The molecule has 0 radical (unpaired) electrons. The first-order chi connectivity index (χ1) is 8.52. The topological polar surface area (TPSA) is 73.2 Å². The lowest BCUT2D eigenvalue weighted by Gasteiger charge is -2.12. The van der Waals surface area contributed by atoms with Crippen LogP contribution in [-0.4, -0.2) is 29.8 Å². The third-order valence-electron chi connectivity index (χ3n) is 2.81. The van der Waals surface area contributed by atoms with Crippen LogP contribution in [0.5, 0.6) is 0 Å². The van der Waals surface area contributed by atoms with Crippen LogP contribution in [0.1, 0.15) is 12.0 Å². The second-order valence-corrected chi connectivity index (χ2v) is 4.00. The summed E-state index contributed by atoms with van der Waals surface area (Å²) in [6, 6.07) is 4.94. The summed E-state index contributed by atoms with van der Waals surface area (Å²) in [5.41, 5.74) is 0.333. The van der Waals surface area contributed by atoms with Crippen molar-refractivity contribution in [1.29, 1.82) is 5.26 Å². The summed E-state index contributed by atoms with van der Waals surface area (Å²) in [5.74, 6) is -1.21. The van der Waals surface area contributed by atoms with Crippen LogP contribution >= 0.6 is 0 Å². The van der Waals surface area contributed by atoms with Crippen molar-refractivity contribution in [1.82, 2.24) is 4.90 Å². The van der Waals surface area contributed by atoms with Crippen LogP contribution in [0.3, 0.4) is 0 Å². The van der Waals surface area contributed by atoms with Crippen LogP contribution in [0.4, 0.5) is 10.1 Å². The Kier molecular flexibility index (Phi) is 2.98. The van der Waals surface area contributed by atoms with E-state index in [-0.39, 0.29) is 23.8 Å². The number of anilines is 1. The summed E-state index contributed by atoms with van der Waals surface area (Å²) in [7, 11) is 1.41. The number of halogens is 1. The first-order valence-electron chi connectivity index (χ1n) is 5.29. The fraction of sp³-hybridized carbons (Fsp3) is 0.250. The summed E-state index contributed by atoms with van der Waals surface area (Å²) < 4.78 is 13.1. The molecule has 2 amide bonds. The monoisotopic (exact) mass is 247 g/mol. The predicted octanol–water partition coefficient (Wildman–Crippen LogP) is 0.867. The molecular formula is C12H10FN3O2. The number of likely N-dealkylation sites (N-methyl/N-ethyl adjacent to an activating group) is 1. The highest BCUT2D eigenvalue weighted by molar-refractivity contribution is 6.06. The lowest BCUT2D eigenvalue weighted by molar-refractivity contribution is -0.136. The highest BCUT2D eigenvalue weighted by atomic mass is 19.1. The van der Waals surface area contributed by atoms with Gasteiger partial charge in [-0.15, -0.1) is 0 Å². The largest absolute Gasteiger partial charge is 0.373 e. The zero-order chi connectivity index (χ0) is 13.3. The molecule has 1 unspecified atom stereocenters. The maximum atomic E-state index is 13.1. The molecule has 1 aliphatic rings. The summed E-state index contributed by atoms with van der Waals surface area (Å²) in [6.45, 7) is 0. The SMILES string of the molecule is CN1C(=O)CC(Nc2ccc(F)c(C#N)c2)C1=O. The van der Waals surface area contributed by atoms with Gasteiger partial charge in [0.05, 0.1) is 12.0 Å². The van der Waals surface area contributed by atoms with Crippen molar-refractivity contribution in [2.75, 3.05) is 12.4 Å². The normalized spacial score (nSPS) is 18.9. The lowest BCUT2D eigenvalue weighted by atomic mass is 10.1. The van der Waals surface area contributed by atoms with Crippen molar-refractivity contribution >= 4 is 17.5 Å². The highest BCUT2D eigenvalue weighted by Crippen LogP contribution is 2.19. The number of carbonyl (C=O) groups is 2. The second kappa shape index (κ2) is 4.45. The molecule has 1 fully saturated rings. The van der Waals surface area contributed by atoms with Crippen molar-refractivity contribution in [3.05, 3.63) is 29.6 Å². The molecule has 0 saturated carbocycles. The number of nitriles is 1. The van der Waals surface area contributed by atoms with Crippen LogP contribution < -0.4 is 5.32 Å². The first-order valence-corrected chi connectivity index (χ1v) is 5.29. The van der Waals surface area contributed by atoms with Crippen molar-refractivity contribution < 1.29 is 14.0 Å². The molecule has 6 heteroatoms. The average Bonchev–Trinajstić information content (AvgIpc) is 2.59. The van der Waals surface area contributed by atoms with Crippen LogP contribution in [-0.2, 0) is 9.59 Å². The molecule has 1 saturated heterocycles. The number of hydrogen-bond acceptors (Lipinski definition) is 4. The molecule has 1 atom stereocenters. The molecule has 1 N–H and O–H groups in total. The first kappa shape index (κ1) is 12.0. The fourth-order valence-electron chi connectivity index (χ4n) is 1.77. The van der Waals surface area contributed by atoms with E-state index in [9.17, 15) is 14.0 Å². The number of likely N-dealkylation sites (tertiary alicyclic amines) is 1. The Labute approximate surface area is 103 Å². The molecule has 2 rings (SSSR count). The van der Waals surface area contributed by atoms with Gasteiger partial charge in [-0.3, -0.25) is 14.5 Å². The molecule has 1 heterocycles. The van der Waals surface area contributed by atoms with E-state index in [0.717, 1.165) is 11.0 Å². The van der Waals surface area contributed by atoms with Crippen LogP contribution in [0.15, 0.2) is 18.2 Å². The van der Waals surface area contributed by atoms with Crippen LogP contribution in [0.2, 0.25) is 0 Å². The molecule has 92 valence electrons. The molecule has 5 nitrogen and oxygen atoms in total. The van der Waals surface area contributed by atoms with Gasteiger partial charge in [0, 0.05) is 12.7 Å². The predicted molar refractivity (Wildman–Crippen MR) is 60.9 cm³/mol. The van der Waals surface area contributed by atoms with Crippen molar-refractivity contribution in [3.8, 4) is 6.07 Å². The van der Waals surface area contributed by atoms with Gasteiger partial charge in [0.25, 0.3) is 5.91 Å². The number of amides is 2. The van der Waals surface area contributed by atoms with E-state index in [1.807, 2.05) is 0 Å². The van der Waals surface area contributed by atoms with E-state index in [4.69, 9.17) is 5.26 Å². The maximum Gasteiger partial charge on any atom is 0.251 e. The summed E-state index contributed by atoms with van der Waals surface area (Å²) in [5, 5.41) is 11.5. The van der Waals surface area contributed by atoms with Crippen LogP contribution in [0, 0.1) is 17.1 Å². The minimum absolute atomic E-state index is 0.0641. The van der Waals surface area contributed by atoms with Gasteiger partial charge in [0.15, 0.2) is 0 Å². The molecule has 0 spiro atoms. The van der Waals surface area contributed by atoms with Crippen molar-refractivity contribution in [2.45, 2.75) is 12.5 Å². The van der Waals surface area contributed by atoms with E-state index in [1.165, 1.54) is 19.2 Å². The number of benzene rings is 1. The number of imide groups is 1. The molecular weight excluding hydrogens is 237 g/mol. The maximum absolute atomic E-state index is 13.1. The van der Waals surface area contributed by atoms with Crippen LogP contribution in [0.25, 0.3) is 0 Å². The third kappa shape index (κ3) is 2.02. The smallest absolute Gasteiger partial charge is 0.251 e.